The highest BCUT2D eigenvalue weighted by atomic mass is 16.6. The molecule has 1 unspecified atom stereocenters. The van der Waals surface area contributed by atoms with Gasteiger partial charge in [-0.15, -0.1) is 0 Å². The standard InChI is InChI=1S/C24H35N3O5/c1-4-32-23(29)27-14-12-26(13-15-27)22(28)19-16-24(19)8-10-25(11-9-24)17-18-6-5-7-20(30-2)21(18)31-3/h5-7,19H,4,8-17H2,1-3H3. The summed E-state index contributed by atoms with van der Waals surface area (Å²) < 4.78 is 16.1. The monoisotopic (exact) mass is 445 g/mol. The highest BCUT2D eigenvalue weighted by Crippen LogP contribution is 2.60. The van der Waals surface area contributed by atoms with Crippen LogP contribution in [0.5, 0.6) is 11.5 Å². The van der Waals surface area contributed by atoms with Crippen molar-refractivity contribution in [3.8, 4) is 11.5 Å². The third kappa shape index (κ3) is 4.51. The molecule has 8 nitrogen and oxygen atoms in total. The number of likely N-dealkylation sites (tertiary alicyclic amines) is 1. The van der Waals surface area contributed by atoms with E-state index in [4.69, 9.17) is 14.2 Å². The molecule has 1 saturated carbocycles. The number of carbonyl (C=O) groups excluding carboxylic acids is 2. The van der Waals surface area contributed by atoms with Gasteiger partial charge in [0.15, 0.2) is 11.5 Å². The van der Waals surface area contributed by atoms with Crippen LogP contribution in [0.4, 0.5) is 4.79 Å². The van der Waals surface area contributed by atoms with E-state index in [1.54, 1.807) is 19.1 Å². The number of methoxy groups -OCH3 is 2. The van der Waals surface area contributed by atoms with Crippen molar-refractivity contribution in [3.63, 3.8) is 0 Å². The Morgan fingerprint density at radius 2 is 1.69 bits per heavy atom. The van der Waals surface area contributed by atoms with E-state index in [9.17, 15) is 9.59 Å². The number of hydrogen-bond donors (Lipinski definition) is 0. The number of nitrogens with zero attached hydrogens (tertiary/aromatic N) is 3. The van der Waals surface area contributed by atoms with E-state index >= 15 is 0 Å². The number of para-hydroxylation sites is 1. The second-order valence-electron chi connectivity index (χ2n) is 9.06. The van der Waals surface area contributed by atoms with Crippen LogP contribution in [0, 0.1) is 11.3 Å². The third-order valence-corrected chi connectivity index (χ3v) is 7.34. The number of piperidine rings is 1. The van der Waals surface area contributed by atoms with Crippen molar-refractivity contribution >= 4 is 12.0 Å². The van der Waals surface area contributed by atoms with Crippen molar-refractivity contribution in [1.82, 2.24) is 14.7 Å². The number of piperazine rings is 1. The van der Waals surface area contributed by atoms with E-state index in [1.165, 1.54) is 0 Å². The van der Waals surface area contributed by atoms with Crippen molar-refractivity contribution in [3.05, 3.63) is 23.8 Å². The topological polar surface area (TPSA) is 71.6 Å². The fraction of sp³-hybridized carbons (Fsp3) is 0.667. The van der Waals surface area contributed by atoms with Crippen LogP contribution in [0.2, 0.25) is 0 Å². The summed E-state index contributed by atoms with van der Waals surface area (Å²) in [5, 5.41) is 0. The lowest BCUT2D eigenvalue weighted by atomic mass is 9.90. The molecule has 0 radical (unpaired) electrons. The Labute approximate surface area is 190 Å². The first-order valence-electron chi connectivity index (χ1n) is 11.6. The minimum absolute atomic E-state index is 0.144. The summed E-state index contributed by atoms with van der Waals surface area (Å²) in [5.74, 6) is 1.98. The predicted octanol–water partition coefficient (Wildman–Crippen LogP) is 2.61. The van der Waals surface area contributed by atoms with Gasteiger partial charge in [-0.05, 0) is 50.8 Å². The maximum absolute atomic E-state index is 13.1. The van der Waals surface area contributed by atoms with Crippen LogP contribution in [0.1, 0.15) is 31.7 Å². The van der Waals surface area contributed by atoms with E-state index in [0.717, 1.165) is 56.0 Å². The van der Waals surface area contributed by atoms with Gasteiger partial charge in [-0.1, -0.05) is 12.1 Å². The Kier molecular flexibility index (Phi) is 6.79. The number of rotatable bonds is 6. The van der Waals surface area contributed by atoms with Crippen molar-refractivity contribution in [2.75, 3.05) is 60.1 Å². The van der Waals surface area contributed by atoms with Crippen LogP contribution >= 0.6 is 0 Å². The Bertz CT molecular complexity index is 829. The van der Waals surface area contributed by atoms with Gasteiger partial charge in [0.25, 0.3) is 0 Å². The lowest BCUT2D eigenvalue weighted by Crippen LogP contribution is -2.51. The zero-order valence-corrected chi connectivity index (χ0v) is 19.5. The molecule has 176 valence electrons. The van der Waals surface area contributed by atoms with Gasteiger partial charge in [0.05, 0.1) is 20.8 Å². The first-order valence-corrected chi connectivity index (χ1v) is 11.6. The lowest BCUT2D eigenvalue weighted by Gasteiger charge is -2.36. The zero-order chi connectivity index (χ0) is 22.7. The average molecular weight is 446 g/mol. The minimum Gasteiger partial charge on any atom is -0.493 e. The molecule has 0 aromatic heterocycles. The second-order valence-corrected chi connectivity index (χ2v) is 9.06. The predicted molar refractivity (Wildman–Crippen MR) is 120 cm³/mol. The van der Waals surface area contributed by atoms with Crippen LogP contribution < -0.4 is 9.47 Å². The Morgan fingerprint density at radius 1 is 1.00 bits per heavy atom. The fourth-order valence-corrected chi connectivity index (χ4v) is 5.27. The molecule has 1 aromatic carbocycles. The number of benzene rings is 1. The van der Waals surface area contributed by atoms with Crippen LogP contribution in [0.15, 0.2) is 18.2 Å². The highest BCUT2D eigenvalue weighted by Gasteiger charge is 2.59. The van der Waals surface area contributed by atoms with Crippen LogP contribution in [0.25, 0.3) is 0 Å². The Balaban J connectivity index is 1.27. The van der Waals surface area contributed by atoms with Gasteiger partial charge in [0.2, 0.25) is 5.91 Å². The van der Waals surface area contributed by atoms with Crippen molar-refractivity contribution in [2.24, 2.45) is 11.3 Å². The van der Waals surface area contributed by atoms with E-state index in [2.05, 4.69) is 11.0 Å². The summed E-state index contributed by atoms with van der Waals surface area (Å²) >= 11 is 0. The van der Waals surface area contributed by atoms with E-state index in [1.807, 2.05) is 24.0 Å². The molecule has 1 aliphatic carbocycles. The summed E-state index contributed by atoms with van der Waals surface area (Å²) in [7, 11) is 3.34. The molecule has 32 heavy (non-hydrogen) atoms. The molecule has 1 atom stereocenters. The Hall–Kier alpha value is -2.48. The average Bonchev–Trinajstić information content (AvgIpc) is 3.53. The normalized spacial score (nSPS) is 22.5. The number of ether oxygens (including phenoxy) is 3. The highest BCUT2D eigenvalue weighted by molar-refractivity contribution is 5.83. The molecule has 2 heterocycles. The van der Waals surface area contributed by atoms with Crippen LogP contribution in [-0.2, 0) is 16.1 Å². The van der Waals surface area contributed by atoms with Gasteiger partial charge in [0.1, 0.15) is 0 Å². The fourth-order valence-electron chi connectivity index (χ4n) is 5.27. The SMILES string of the molecule is CCOC(=O)N1CCN(C(=O)C2CC23CCN(Cc2cccc(OC)c2OC)CC3)CC1. The molecular weight excluding hydrogens is 410 g/mol. The molecule has 0 bridgehead atoms. The van der Waals surface area contributed by atoms with Gasteiger partial charge in [0, 0.05) is 44.2 Å². The van der Waals surface area contributed by atoms with Crippen LogP contribution in [0.3, 0.4) is 0 Å². The summed E-state index contributed by atoms with van der Waals surface area (Å²) in [5.41, 5.74) is 1.30. The van der Waals surface area contributed by atoms with Crippen molar-refractivity contribution < 1.29 is 23.8 Å². The largest absolute Gasteiger partial charge is 0.493 e. The van der Waals surface area contributed by atoms with Gasteiger partial charge in [-0.25, -0.2) is 4.79 Å². The molecule has 4 rings (SSSR count). The second kappa shape index (κ2) is 9.57. The first-order chi connectivity index (χ1) is 15.5. The molecule has 1 spiro atoms. The molecule has 1 aromatic rings. The van der Waals surface area contributed by atoms with E-state index in [0.29, 0.717) is 32.8 Å². The molecule has 3 fully saturated rings. The zero-order valence-electron chi connectivity index (χ0n) is 19.5. The summed E-state index contributed by atoms with van der Waals surface area (Å²) in [6.45, 7) is 7.30. The smallest absolute Gasteiger partial charge is 0.409 e. The molecule has 3 aliphatic rings. The molecular formula is C24H35N3O5. The molecule has 8 heteroatoms. The summed E-state index contributed by atoms with van der Waals surface area (Å²) in [6.07, 6.45) is 2.83. The van der Waals surface area contributed by atoms with Crippen molar-refractivity contribution in [1.29, 1.82) is 0 Å². The lowest BCUT2D eigenvalue weighted by molar-refractivity contribution is -0.135. The quantitative estimate of drug-likeness (QED) is 0.670. The maximum atomic E-state index is 13.1. The molecule has 0 N–H and O–H groups in total. The number of amides is 2. The van der Waals surface area contributed by atoms with E-state index in [-0.39, 0.29) is 23.3 Å². The summed E-state index contributed by atoms with van der Waals surface area (Å²) in [6, 6.07) is 6.00. The first kappa shape index (κ1) is 22.7. The van der Waals surface area contributed by atoms with Gasteiger partial charge in [-0.2, -0.15) is 0 Å². The third-order valence-electron chi connectivity index (χ3n) is 7.34. The molecule has 2 amide bonds. The molecule has 2 aliphatic heterocycles. The molecule has 2 saturated heterocycles. The van der Waals surface area contributed by atoms with Gasteiger partial charge < -0.3 is 24.0 Å². The van der Waals surface area contributed by atoms with E-state index < -0.39 is 0 Å². The number of carbonyl (C=O) groups is 2. The van der Waals surface area contributed by atoms with Gasteiger partial charge in [-0.3, -0.25) is 9.69 Å². The summed E-state index contributed by atoms with van der Waals surface area (Å²) in [4.78, 5) is 31.1. The maximum Gasteiger partial charge on any atom is 0.409 e. The number of hydrogen-bond acceptors (Lipinski definition) is 6. The van der Waals surface area contributed by atoms with Crippen LogP contribution in [-0.4, -0.2) is 86.8 Å². The van der Waals surface area contributed by atoms with Crippen molar-refractivity contribution in [2.45, 2.75) is 32.7 Å². The minimum atomic E-state index is -0.275. The Morgan fingerprint density at radius 3 is 2.31 bits per heavy atom. The van der Waals surface area contributed by atoms with Gasteiger partial charge >= 0.3 is 6.09 Å².